The van der Waals surface area contributed by atoms with Gasteiger partial charge in [-0.2, -0.15) is 11.8 Å². The highest BCUT2D eigenvalue weighted by atomic mass is 32.2. The second-order valence-corrected chi connectivity index (χ2v) is 5.37. The molecule has 0 amide bonds. The first-order valence-corrected chi connectivity index (χ1v) is 7.38. The fourth-order valence-electron chi connectivity index (χ4n) is 1.43. The van der Waals surface area contributed by atoms with E-state index in [1.165, 1.54) is 18.6 Å². The highest BCUT2D eigenvalue weighted by molar-refractivity contribution is 7.98. The molecule has 1 atom stereocenters. The lowest BCUT2D eigenvalue weighted by atomic mass is 10.1. The molecule has 0 aromatic heterocycles. The van der Waals surface area contributed by atoms with Crippen LogP contribution in [0.2, 0.25) is 0 Å². The molecule has 0 bridgehead atoms. The van der Waals surface area contributed by atoms with Crippen LogP contribution in [-0.2, 0) is 5.75 Å². The molecule has 0 aliphatic rings. The molecule has 98 valence electrons. The summed E-state index contributed by atoms with van der Waals surface area (Å²) in [5.41, 5.74) is 7.20. The Labute approximate surface area is 113 Å². The largest absolute Gasteiger partial charge is 0.320 e. The van der Waals surface area contributed by atoms with Crippen molar-refractivity contribution in [2.75, 3.05) is 12.3 Å². The molecule has 1 unspecified atom stereocenters. The minimum Gasteiger partial charge on any atom is -0.320 e. The second kappa shape index (κ2) is 8.18. The number of hydrogen-bond acceptors (Lipinski definition) is 2. The predicted octanol–water partition coefficient (Wildman–Crippen LogP) is 3.42. The van der Waals surface area contributed by atoms with Gasteiger partial charge in [0.25, 0.3) is 0 Å². The maximum Gasteiger partial charge on any atom is 0.124 e. The van der Waals surface area contributed by atoms with Crippen LogP contribution in [0.25, 0.3) is 0 Å². The Balaban J connectivity index is 2.69. The third kappa shape index (κ3) is 5.12. The predicted molar refractivity (Wildman–Crippen MR) is 77.9 cm³/mol. The van der Waals surface area contributed by atoms with E-state index in [0.717, 1.165) is 22.6 Å². The van der Waals surface area contributed by atoms with Crippen LogP contribution in [-0.4, -0.2) is 12.3 Å². The van der Waals surface area contributed by atoms with Crippen molar-refractivity contribution >= 4 is 11.8 Å². The van der Waals surface area contributed by atoms with Gasteiger partial charge in [0.2, 0.25) is 0 Å². The van der Waals surface area contributed by atoms with Gasteiger partial charge in [-0.25, -0.2) is 4.39 Å². The number of rotatable bonds is 5. The zero-order valence-electron chi connectivity index (χ0n) is 11.0. The smallest absolute Gasteiger partial charge is 0.124 e. The Morgan fingerprint density at radius 1 is 1.44 bits per heavy atom. The van der Waals surface area contributed by atoms with E-state index in [0.29, 0.717) is 12.5 Å². The molecular weight excluding hydrogens is 245 g/mol. The second-order valence-electron chi connectivity index (χ2n) is 4.34. The summed E-state index contributed by atoms with van der Waals surface area (Å²) >= 11 is 1.87. The summed E-state index contributed by atoms with van der Waals surface area (Å²) in [6.07, 6.45) is 1.19. The van der Waals surface area contributed by atoms with Crippen LogP contribution in [0, 0.1) is 23.6 Å². The molecule has 0 fully saturated rings. The van der Waals surface area contributed by atoms with Crippen molar-refractivity contribution in [3.63, 3.8) is 0 Å². The van der Waals surface area contributed by atoms with Gasteiger partial charge in [-0.3, -0.25) is 0 Å². The Morgan fingerprint density at radius 3 is 2.89 bits per heavy atom. The van der Waals surface area contributed by atoms with Gasteiger partial charge in [0.05, 0.1) is 6.54 Å². The van der Waals surface area contributed by atoms with Crippen LogP contribution < -0.4 is 5.73 Å². The molecule has 0 radical (unpaired) electrons. The fourth-order valence-corrected chi connectivity index (χ4v) is 2.65. The van der Waals surface area contributed by atoms with Gasteiger partial charge in [-0.1, -0.05) is 38.2 Å². The van der Waals surface area contributed by atoms with Crippen LogP contribution in [0.1, 0.15) is 31.4 Å². The van der Waals surface area contributed by atoms with Crippen LogP contribution in [0.4, 0.5) is 4.39 Å². The van der Waals surface area contributed by atoms with Gasteiger partial charge in [0, 0.05) is 11.3 Å². The van der Waals surface area contributed by atoms with Crippen LogP contribution in [0.15, 0.2) is 18.2 Å². The first kappa shape index (κ1) is 15.1. The minimum atomic E-state index is -0.244. The van der Waals surface area contributed by atoms with E-state index in [4.69, 9.17) is 5.73 Å². The summed E-state index contributed by atoms with van der Waals surface area (Å²) in [6.45, 7) is 4.74. The van der Waals surface area contributed by atoms with E-state index in [1.54, 1.807) is 0 Å². The first-order valence-electron chi connectivity index (χ1n) is 6.22. The van der Waals surface area contributed by atoms with Crippen molar-refractivity contribution in [3.8, 4) is 11.8 Å². The quantitative estimate of drug-likeness (QED) is 0.826. The van der Waals surface area contributed by atoms with Crippen molar-refractivity contribution in [2.24, 2.45) is 11.7 Å². The molecular formula is C15H20FNS. The Morgan fingerprint density at radius 2 is 2.22 bits per heavy atom. The third-order valence-corrected chi connectivity index (χ3v) is 4.07. The highest BCUT2D eigenvalue weighted by Crippen LogP contribution is 2.20. The Hall–Kier alpha value is -0.980. The van der Waals surface area contributed by atoms with Crippen molar-refractivity contribution in [1.82, 2.24) is 0 Å². The van der Waals surface area contributed by atoms with Gasteiger partial charge < -0.3 is 5.73 Å². The average molecular weight is 265 g/mol. The van der Waals surface area contributed by atoms with Crippen LogP contribution in [0.3, 0.4) is 0 Å². The molecule has 18 heavy (non-hydrogen) atoms. The number of hydrogen-bond donors (Lipinski definition) is 1. The molecule has 0 saturated carbocycles. The van der Waals surface area contributed by atoms with Crippen molar-refractivity contribution < 1.29 is 4.39 Å². The van der Waals surface area contributed by atoms with Gasteiger partial charge in [-0.05, 0) is 29.4 Å². The monoisotopic (exact) mass is 265 g/mol. The molecule has 1 aromatic rings. The van der Waals surface area contributed by atoms with E-state index >= 15 is 0 Å². The SMILES string of the molecule is CCC(C)CSCc1ccc(F)cc1C#CCN. The maximum absolute atomic E-state index is 13.2. The van der Waals surface area contributed by atoms with E-state index in [1.807, 2.05) is 17.8 Å². The molecule has 1 nitrogen and oxygen atoms in total. The lowest BCUT2D eigenvalue weighted by molar-refractivity contribution is 0.626. The molecule has 0 saturated heterocycles. The summed E-state index contributed by atoms with van der Waals surface area (Å²) in [5.74, 6) is 8.19. The molecule has 3 heteroatoms. The first-order chi connectivity index (χ1) is 8.67. The summed E-state index contributed by atoms with van der Waals surface area (Å²) in [7, 11) is 0. The Kier molecular flexibility index (Phi) is 6.85. The lowest BCUT2D eigenvalue weighted by Crippen LogP contribution is -1.98. The molecule has 2 N–H and O–H groups in total. The van der Waals surface area contributed by atoms with Crippen molar-refractivity contribution in [3.05, 3.63) is 35.1 Å². The molecule has 0 heterocycles. The number of thioether (sulfide) groups is 1. The number of halogens is 1. The van der Waals surface area contributed by atoms with E-state index in [9.17, 15) is 4.39 Å². The number of benzene rings is 1. The van der Waals surface area contributed by atoms with Crippen molar-refractivity contribution in [2.45, 2.75) is 26.0 Å². The lowest BCUT2D eigenvalue weighted by Gasteiger charge is -2.09. The summed E-state index contributed by atoms with van der Waals surface area (Å²) in [4.78, 5) is 0. The molecule has 1 rings (SSSR count). The zero-order chi connectivity index (χ0) is 13.4. The maximum atomic E-state index is 13.2. The highest BCUT2D eigenvalue weighted by Gasteiger charge is 2.04. The average Bonchev–Trinajstić information content (AvgIpc) is 2.38. The Bertz CT molecular complexity index is 434. The van der Waals surface area contributed by atoms with Crippen molar-refractivity contribution in [1.29, 1.82) is 0 Å². The standard InChI is InChI=1S/C15H20FNS/c1-3-12(2)10-18-11-14-6-7-15(16)9-13(14)5-4-8-17/h6-7,9,12H,3,8,10-11,17H2,1-2H3. The normalized spacial score (nSPS) is 11.8. The van der Waals surface area contributed by atoms with E-state index in [2.05, 4.69) is 25.7 Å². The summed E-state index contributed by atoms with van der Waals surface area (Å²) in [6, 6.07) is 4.80. The molecule has 0 spiro atoms. The van der Waals surface area contributed by atoms with Gasteiger partial charge in [0.1, 0.15) is 5.82 Å². The third-order valence-electron chi connectivity index (χ3n) is 2.75. The topological polar surface area (TPSA) is 26.0 Å². The van der Waals surface area contributed by atoms with E-state index in [-0.39, 0.29) is 5.82 Å². The van der Waals surface area contributed by atoms with Gasteiger partial charge in [0.15, 0.2) is 0 Å². The number of nitrogens with two attached hydrogens (primary N) is 1. The molecule has 1 aromatic carbocycles. The fraction of sp³-hybridized carbons (Fsp3) is 0.467. The van der Waals surface area contributed by atoms with Gasteiger partial charge in [-0.15, -0.1) is 0 Å². The zero-order valence-corrected chi connectivity index (χ0v) is 11.8. The summed E-state index contributed by atoms with van der Waals surface area (Å²) < 4.78 is 13.2. The van der Waals surface area contributed by atoms with Crippen LogP contribution >= 0.6 is 11.8 Å². The molecule has 0 aliphatic heterocycles. The minimum absolute atomic E-state index is 0.244. The molecule has 0 aliphatic carbocycles. The van der Waals surface area contributed by atoms with E-state index < -0.39 is 0 Å². The summed E-state index contributed by atoms with van der Waals surface area (Å²) in [5, 5.41) is 0. The van der Waals surface area contributed by atoms with Crippen LogP contribution in [0.5, 0.6) is 0 Å². The van der Waals surface area contributed by atoms with Gasteiger partial charge >= 0.3 is 0 Å².